The number of carbonyl (C=O) groups is 1. The minimum Gasteiger partial charge on any atom is -0.465 e. The number of methoxy groups -OCH3 is 1. The van der Waals surface area contributed by atoms with Crippen LogP contribution in [0.5, 0.6) is 0 Å². The monoisotopic (exact) mass is 306 g/mol. The Bertz CT molecular complexity index is 891. The van der Waals surface area contributed by atoms with Gasteiger partial charge in [-0.25, -0.2) is 9.78 Å². The molecule has 0 saturated heterocycles. The predicted molar refractivity (Wildman–Crippen MR) is 85.0 cm³/mol. The fraction of sp³-hybridized carbons (Fsp3) is 0.118. The number of anilines is 1. The average molecular weight is 306 g/mol. The summed E-state index contributed by atoms with van der Waals surface area (Å²) in [7, 11) is 1.35. The molecule has 2 heterocycles. The van der Waals surface area contributed by atoms with Crippen molar-refractivity contribution in [2.45, 2.75) is 6.54 Å². The van der Waals surface area contributed by atoms with Crippen molar-refractivity contribution in [3.63, 3.8) is 0 Å². The van der Waals surface area contributed by atoms with Gasteiger partial charge in [0.05, 0.1) is 12.7 Å². The number of nitrogens with zero attached hydrogens (tertiary/aromatic N) is 3. The summed E-state index contributed by atoms with van der Waals surface area (Å²) in [5, 5.41) is 12.5. The second-order valence-electron chi connectivity index (χ2n) is 4.89. The molecule has 1 aromatic carbocycles. The molecule has 0 radical (unpaired) electrons. The van der Waals surface area contributed by atoms with Crippen molar-refractivity contribution < 1.29 is 9.53 Å². The van der Waals surface area contributed by atoms with Crippen molar-refractivity contribution >= 4 is 17.4 Å². The molecular weight excluding hydrogens is 292 g/mol. The molecule has 1 N–H and O–H groups in total. The normalized spacial score (nSPS) is 10.3. The summed E-state index contributed by atoms with van der Waals surface area (Å²) in [6.45, 7) is 0.500. The molecule has 0 unspecified atom stereocenters. The number of ether oxygens (including phenoxy) is 1. The van der Waals surface area contributed by atoms with Gasteiger partial charge in [-0.2, -0.15) is 5.26 Å². The summed E-state index contributed by atoms with van der Waals surface area (Å²) in [5.74, 6) is 0.173. The van der Waals surface area contributed by atoms with Crippen LogP contribution in [0, 0.1) is 11.3 Å². The largest absolute Gasteiger partial charge is 0.465 e. The molecule has 0 atom stereocenters. The van der Waals surface area contributed by atoms with Gasteiger partial charge < -0.3 is 10.1 Å². The van der Waals surface area contributed by atoms with Crippen LogP contribution in [0.2, 0.25) is 0 Å². The van der Waals surface area contributed by atoms with Gasteiger partial charge in [-0.1, -0.05) is 18.2 Å². The van der Waals surface area contributed by atoms with Crippen LogP contribution in [0.1, 0.15) is 21.6 Å². The molecule has 0 bridgehead atoms. The van der Waals surface area contributed by atoms with E-state index in [1.165, 1.54) is 7.11 Å². The summed E-state index contributed by atoms with van der Waals surface area (Å²) < 4.78 is 6.40. The fourth-order valence-corrected chi connectivity index (χ4v) is 2.29. The third-order valence-electron chi connectivity index (χ3n) is 3.47. The number of carbonyl (C=O) groups excluding carboxylic acids is 1. The molecule has 6 nitrogen and oxygen atoms in total. The zero-order chi connectivity index (χ0) is 16.2. The summed E-state index contributed by atoms with van der Waals surface area (Å²) >= 11 is 0. The highest BCUT2D eigenvalue weighted by Crippen LogP contribution is 2.17. The number of hydrogen-bond acceptors (Lipinski definition) is 5. The number of nitrogens with one attached hydrogen (secondary N) is 1. The van der Waals surface area contributed by atoms with Crippen LogP contribution >= 0.6 is 0 Å². The molecule has 3 rings (SSSR count). The van der Waals surface area contributed by atoms with Gasteiger partial charge in [0, 0.05) is 12.7 Å². The predicted octanol–water partition coefficient (Wildman–Crippen LogP) is 2.60. The Morgan fingerprint density at radius 1 is 1.30 bits per heavy atom. The lowest BCUT2D eigenvalue weighted by atomic mass is 10.1. The van der Waals surface area contributed by atoms with E-state index in [2.05, 4.69) is 21.1 Å². The molecule has 0 saturated carbocycles. The number of nitriles is 1. The van der Waals surface area contributed by atoms with Gasteiger partial charge in [-0.05, 0) is 29.8 Å². The van der Waals surface area contributed by atoms with Crippen molar-refractivity contribution in [2.75, 3.05) is 12.4 Å². The second kappa shape index (κ2) is 6.20. The number of imidazole rings is 1. The Hall–Kier alpha value is -3.33. The van der Waals surface area contributed by atoms with Crippen molar-refractivity contribution in [1.82, 2.24) is 9.38 Å². The molecule has 6 heteroatoms. The van der Waals surface area contributed by atoms with E-state index in [0.29, 0.717) is 29.3 Å². The van der Waals surface area contributed by atoms with E-state index in [-0.39, 0.29) is 5.97 Å². The number of aromatic nitrogens is 2. The first-order chi connectivity index (χ1) is 11.2. The first kappa shape index (κ1) is 14.6. The Balaban J connectivity index is 1.78. The van der Waals surface area contributed by atoms with Crippen LogP contribution < -0.4 is 5.32 Å². The Labute approximate surface area is 133 Å². The van der Waals surface area contributed by atoms with Crippen LogP contribution in [0.25, 0.3) is 5.65 Å². The lowest BCUT2D eigenvalue weighted by molar-refractivity contribution is 0.0600. The van der Waals surface area contributed by atoms with E-state index < -0.39 is 0 Å². The van der Waals surface area contributed by atoms with Gasteiger partial charge in [0.25, 0.3) is 0 Å². The molecule has 3 aromatic rings. The number of rotatable bonds is 4. The number of esters is 1. The third-order valence-corrected chi connectivity index (χ3v) is 3.47. The Kier molecular flexibility index (Phi) is 3.93. The van der Waals surface area contributed by atoms with Gasteiger partial charge >= 0.3 is 5.97 Å². The number of benzene rings is 1. The minimum absolute atomic E-state index is 0.364. The number of pyridine rings is 1. The fourth-order valence-electron chi connectivity index (χ4n) is 2.29. The van der Waals surface area contributed by atoms with Crippen LogP contribution in [-0.4, -0.2) is 22.5 Å². The summed E-state index contributed by atoms with van der Waals surface area (Å²) in [4.78, 5) is 15.8. The maximum absolute atomic E-state index is 11.4. The highest BCUT2D eigenvalue weighted by atomic mass is 16.5. The van der Waals surface area contributed by atoms with E-state index in [1.54, 1.807) is 22.7 Å². The third kappa shape index (κ3) is 2.85. The van der Waals surface area contributed by atoms with Crippen molar-refractivity contribution in [3.05, 3.63) is 65.5 Å². The van der Waals surface area contributed by atoms with Gasteiger partial charge in [-0.15, -0.1) is 0 Å². The first-order valence-corrected chi connectivity index (χ1v) is 7.01. The van der Waals surface area contributed by atoms with E-state index in [4.69, 9.17) is 0 Å². The summed E-state index contributed by atoms with van der Waals surface area (Å²) in [5.41, 5.74) is 2.65. The minimum atomic E-state index is -0.364. The molecule has 2 aromatic heterocycles. The topological polar surface area (TPSA) is 79.4 Å². The molecule has 0 aliphatic carbocycles. The maximum atomic E-state index is 11.4. The van der Waals surface area contributed by atoms with E-state index in [9.17, 15) is 10.1 Å². The van der Waals surface area contributed by atoms with Crippen LogP contribution in [0.15, 0.2) is 48.7 Å². The Morgan fingerprint density at radius 2 is 2.09 bits per heavy atom. The second-order valence-corrected chi connectivity index (χ2v) is 4.89. The van der Waals surface area contributed by atoms with E-state index in [1.807, 2.05) is 30.3 Å². The highest BCUT2D eigenvalue weighted by molar-refractivity contribution is 5.89. The lowest BCUT2D eigenvalue weighted by Crippen LogP contribution is -2.04. The quantitative estimate of drug-likeness (QED) is 0.749. The summed E-state index contributed by atoms with van der Waals surface area (Å²) in [6.07, 6.45) is 1.80. The first-order valence-electron chi connectivity index (χ1n) is 7.01. The highest BCUT2D eigenvalue weighted by Gasteiger charge is 2.11. The van der Waals surface area contributed by atoms with Gasteiger partial charge in [0.15, 0.2) is 11.5 Å². The molecular formula is C17H14N4O2. The van der Waals surface area contributed by atoms with Crippen molar-refractivity contribution in [2.24, 2.45) is 0 Å². The molecule has 0 spiro atoms. The van der Waals surface area contributed by atoms with Crippen LogP contribution in [0.4, 0.5) is 5.82 Å². The number of hydrogen-bond donors (Lipinski definition) is 1. The van der Waals surface area contributed by atoms with E-state index in [0.717, 1.165) is 5.56 Å². The average Bonchev–Trinajstić information content (AvgIpc) is 2.97. The van der Waals surface area contributed by atoms with Gasteiger partial charge in [0.2, 0.25) is 0 Å². The zero-order valence-electron chi connectivity index (χ0n) is 12.5. The van der Waals surface area contributed by atoms with Crippen LogP contribution in [-0.2, 0) is 11.3 Å². The van der Waals surface area contributed by atoms with E-state index >= 15 is 0 Å². The van der Waals surface area contributed by atoms with Crippen molar-refractivity contribution in [3.8, 4) is 6.07 Å². The lowest BCUT2D eigenvalue weighted by Gasteiger charge is -2.05. The summed E-state index contributed by atoms with van der Waals surface area (Å²) in [6, 6.07) is 14.8. The smallest absolute Gasteiger partial charge is 0.337 e. The van der Waals surface area contributed by atoms with Gasteiger partial charge in [-0.3, -0.25) is 4.40 Å². The van der Waals surface area contributed by atoms with Gasteiger partial charge in [0.1, 0.15) is 11.7 Å². The molecule has 23 heavy (non-hydrogen) atoms. The Morgan fingerprint density at radius 3 is 2.78 bits per heavy atom. The molecule has 0 fully saturated rings. The maximum Gasteiger partial charge on any atom is 0.337 e. The van der Waals surface area contributed by atoms with Crippen LogP contribution in [0.3, 0.4) is 0 Å². The SMILES string of the molecule is COC(=O)c1ccc(CNc2nc3ccccn3c2C#N)cc1. The molecule has 114 valence electrons. The van der Waals surface area contributed by atoms with Crippen molar-refractivity contribution in [1.29, 1.82) is 5.26 Å². The number of fused-ring (bicyclic) bond motifs is 1. The molecule has 0 amide bonds. The molecule has 0 aliphatic rings. The molecule has 0 aliphatic heterocycles. The standard InChI is InChI=1S/C17H14N4O2/c1-23-17(22)13-7-5-12(6-8-13)11-19-16-14(10-18)21-9-3-2-4-15(21)20-16/h2-9,19H,11H2,1H3. The zero-order valence-corrected chi connectivity index (χ0v) is 12.5.